The summed E-state index contributed by atoms with van der Waals surface area (Å²) >= 11 is 0. The number of nitrogens with one attached hydrogen (secondary N) is 3. The lowest BCUT2D eigenvalue weighted by Crippen LogP contribution is -2.42. The van der Waals surface area contributed by atoms with E-state index in [1.54, 1.807) is 24.3 Å². The maximum Gasteiger partial charge on any atom is 0.317 e. The summed E-state index contributed by atoms with van der Waals surface area (Å²) in [7, 11) is 3.71. The summed E-state index contributed by atoms with van der Waals surface area (Å²) in [5.74, 6) is -0.486. The number of hydrogen-bond donors (Lipinski definition) is 4. The number of amides is 3. The van der Waals surface area contributed by atoms with E-state index in [1.807, 2.05) is 19.0 Å². The summed E-state index contributed by atoms with van der Waals surface area (Å²) < 4.78 is 0. The molecule has 0 spiro atoms. The van der Waals surface area contributed by atoms with Crippen LogP contribution in [0.15, 0.2) is 24.3 Å². The van der Waals surface area contributed by atoms with Crippen molar-refractivity contribution >= 4 is 17.6 Å². The average Bonchev–Trinajstić information content (AvgIpc) is 2.36. The van der Waals surface area contributed by atoms with Gasteiger partial charge in [-0.05, 0) is 32.3 Å². The molecule has 0 bridgehead atoms. The third kappa shape index (κ3) is 5.73. The normalized spacial score (nSPS) is 10.1. The molecule has 0 atom stereocenters. The third-order valence-corrected chi connectivity index (χ3v) is 2.24. The first kappa shape index (κ1) is 14.8. The standard InChI is InChI=1S/C12H19N5O2/c1-17(2)8-16-12(19)15-7-14-10-5-3-4-9(6-10)11(13)18/h3-6,14H,7-8H2,1-2H3,(H2,13,18)(H2,15,16,19). The number of carbonyl (C=O) groups excluding carboxylic acids is 2. The van der Waals surface area contributed by atoms with Crippen LogP contribution in [0.1, 0.15) is 10.4 Å². The Morgan fingerprint density at radius 1 is 1.26 bits per heavy atom. The van der Waals surface area contributed by atoms with Gasteiger partial charge in [0, 0.05) is 11.3 Å². The van der Waals surface area contributed by atoms with Crippen molar-refractivity contribution in [1.29, 1.82) is 0 Å². The molecule has 0 radical (unpaired) electrons. The molecule has 0 aliphatic heterocycles. The lowest BCUT2D eigenvalue weighted by atomic mass is 10.2. The molecule has 7 heteroatoms. The molecule has 0 saturated heterocycles. The molecule has 0 aliphatic carbocycles. The predicted octanol–water partition coefficient (Wildman–Crippen LogP) is -0.0268. The monoisotopic (exact) mass is 265 g/mol. The lowest BCUT2D eigenvalue weighted by Gasteiger charge is -2.13. The van der Waals surface area contributed by atoms with Gasteiger partial charge in [0.25, 0.3) is 0 Å². The van der Waals surface area contributed by atoms with Crippen LogP contribution in [0, 0.1) is 0 Å². The van der Waals surface area contributed by atoms with E-state index in [0.717, 1.165) is 0 Å². The minimum Gasteiger partial charge on any atom is -0.368 e. The first-order valence-corrected chi connectivity index (χ1v) is 5.79. The Morgan fingerprint density at radius 2 is 2.00 bits per heavy atom. The van der Waals surface area contributed by atoms with E-state index in [0.29, 0.717) is 17.9 Å². The number of primary amides is 1. The van der Waals surface area contributed by atoms with E-state index in [-0.39, 0.29) is 12.7 Å². The zero-order valence-corrected chi connectivity index (χ0v) is 11.1. The number of benzene rings is 1. The summed E-state index contributed by atoms with van der Waals surface area (Å²) in [6, 6.07) is 6.49. The van der Waals surface area contributed by atoms with Gasteiger partial charge in [-0.2, -0.15) is 0 Å². The van der Waals surface area contributed by atoms with Gasteiger partial charge in [-0.25, -0.2) is 4.79 Å². The van der Waals surface area contributed by atoms with E-state index in [2.05, 4.69) is 16.0 Å². The summed E-state index contributed by atoms with van der Waals surface area (Å²) in [6.45, 7) is 0.713. The molecule has 7 nitrogen and oxygen atoms in total. The zero-order chi connectivity index (χ0) is 14.3. The first-order valence-electron chi connectivity index (χ1n) is 5.79. The van der Waals surface area contributed by atoms with E-state index >= 15 is 0 Å². The second-order valence-corrected chi connectivity index (χ2v) is 4.22. The molecule has 0 saturated carbocycles. The highest BCUT2D eigenvalue weighted by Crippen LogP contribution is 2.09. The van der Waals surface area contributed by atoms with Gasteiger partial charge in [0.05, 0.1) is 13.3 Å². The SMILES string of the molecule is CN(C)CNC(=O)NCNc1cccc(C(N)=O)c1. The number of nitrogens with two attached hydrogens (primary N) is 1. The average molecular weight is 265 g/mol. The number of urea groups is 1. The number of nitrogens with zero attached hydrogens (tertiary/aromatic N) is 1. The number of hydrogen-bond acceptors (Lipinski definition) is 4. The van der Waals surface area contributed by atoms with Gasteiger partial charge in [0.1, 0.15) is 0 Å². The molecule has 0 aromatic heterocycles. The van der Waals surface area contributed by atoms with Crippen molar-refractivity contribution in [2.45, 2.75) is 0 Å². The molecule has 0 fully saturated rings. The molecule has 5 N–H and O–H groups in total. The van der Waals surface area contributed by atoms with Gasteiger partial charge >= 0.3 is 6.03 Å². The molecular formula is C12H19N5O2. The van der Waals surface area contributed by atoms with Crippen molar-refractivity contribution in [1.82, 2.24) is 15.5 Å². The molecule has 0 heterocycles. The summed E-state index contributed by atoms with van der Waals surface area (Å²) in [5.41, 5.74) is 6.31. The highest BCUT2D eigenvalue weighted by molar-refractivity contribution is 5.93. The number of carbonyl (C=O) groups is 2. The summed E-state index contributed by atoms with van der Waals surface area (Å²) in [5, 5.41) is 8.26. The van der Waals surface area contributed by atoms with Crippen LogP contribution in [0.4, 0.5) is 10.5 Å². The van der Waals surface area contributed by atoms with Crippen LogP contribution < -0.4 is 21.7 Å². The predicted molar refractivity (Wildman–Crippen MR) is 73.7 cm³/mol. The summed E-state index contributed by atoms with van der Waals surface area (Å²) in [6.07, 6.45) is 0. The fourth-order valence-electron chi connectivity index (χ4n) is 1.30. The Bertz CT molecular complexity index is 448. The molecule has 1 rings (SSSR count). The maximum absolute atomic E-state index is 11.3. The quantitative estimate of drug-likeness (QED) is 0.543. The minimum atomic E-state index is -0.486. The van der Waals surface area contributed by atoms with Gasteiger partial charge in [-0.1, -0.05) is 6.07 Å². The van der Waals surface area contributed by atoms with Gasteiger partial charge in [-0.3, -0.25) is 9.69 Å². The molecule has 1 aromatic carbocycles. The van der Waals surface area contributed by atoms with Gasteiger partial charge < -0.3 is 21.7 Å². The lowest BCUT2D eigenvalue weighted by molar-refractivity contribution is 0.100. The fourth-order valence-corrected chi connectivity index (χ4v) is 1.30. The third-order valence-electron chi connectivity index (χ3n) is 2.24. The maximum atomic E-state index is 11.3. The number of anilines is 1. The largest absolute Gasteiger partial charge is 0.368 e. The summed E-state index contributed by atoms with van der Waals surface area (Å²) in [4.78, 5) is 24.2. The Hall–Kier alpha value is -2.28. The van der Waals surface area contributed by atoms with Crippen molar-refractivity contribution in [3.8, 4) is 0 Å². The van der Waals surface area contributed by atoms with Crippen molar-refractivity contribution in [2.24, 2.45) is 5.73 Å². The second-order valence-electron chi connectivity index (χ2n) is 4.22. The Morgan fingerprint density at radius 3 is 2.63 bits per heavy atom. The van der Waals surface area contributed by atoms with Gasteiger partial charge in [0.2, 0.25) is 5.91 Å². The van der Waals surface area contributed by atoms with Crippen LogP contribution in [0.5, 0.6) is 0 Å². The molecule has 3 amide bonds. The van der Waals surface area contributed by atoms with Crippen molar-refractivity contribution in [3.63, 3.8) is 0 Å². The van der Waals surface area contributed by atoms with E-state index in [4.69, 9.17) is 5.73 Å². The minimum absolute atomic E-state index is 0.251. The van der Waals surface area contributed by atoms with Gasteiger partial charge in [-0.15, -0.1) is 0 Å². The molecular weight excluding hydrogens is 246 g/mol. The van der Waals surface area contributed by atoms with Crippen LogP contribution in [0.3, 0.4) is 0 Å². The fraction of sp³-hybridized carbons (Fsp3) is 0.333. The molecule has 104 valence electrons. The number of rotatable bonds is 6. The smallest absolute Gasteiger partial charge is 0.317 e. The van der Waals surface area contributed by atoms with Crippen molar-refractivity contribution < 1.29 is 9.59 Å². The van der Waals surface area contributed by atoms with Crippen molar-refractivity contribution in [2.75, 3.05) is 32.7 Å². The van der Waals surface area contributed by atoms with Crippen LogP contribution in [0.2, 0.25) is 0 Å². The Kier molecular flexibility index (Phi) is 5.62. The van der Waals surface area contributed by atoms with Crippen LogP contribution in [0.25, 0.3) is 0 Å². The highest BCUT2D eigenvalue weighted by Gasteiger charge is 2.02. The molecule has 1 aromatic rings. The Labute approximate surface area is 112 Å². The molecule has 0 unspecified atom stereocenters. The van der Waals surface area contributed by atoms with Crippen LogP contribution in [-0.2, 0) is 0 Å². The molecule has 0 aliphatic rings. The van der Waals surface area contributed by atoms with Crippen LogP contribution >= 0.6 is 0 Å². The van der Waals surface area contributed by atoms with Gasteiger partial charge in [0.15, 0.2) is 0 Å². The second kappa shape index (κ2) is 7.22. The van der Waals surface area contributed by atoms with E-state index < -0.39 is 5.91 Å². The molecule has 19 heavy (non-hydrogen) atoms. The highest BCUT2D eigenvalue weighted by atomic mass is 16.2. The zero-order valence-electron chi connectivity index (χ0n) is 11.1. The van der Waals surface area contributed by atoms with Crippen molar-refractivity contribution in [3.05, 3.63) is 29.8 Å². The van der Waals surface area contributed by atoms with E-state index in [1.165, 1.54) is 0 Å². The first-order chi connectivity index (χ1) is 8.99. The Balaban J connectivity index is 2.35. The van der Waals surface area contributed by atoms with Crippen LogP contribution in [-0.4, -0.2) is 44.3 Å². The topological polar surface area (TPSA) is 99.5 Å². The van der Waals surface area contributed by atoms with E-state index in [9.17, 15) is 9.59 Å².